The number of hydrogen-bond acceptors (Lipinski definition) is 4. The third kappa shape index (κ3) is 5.18. The van der Waals surface area contributed by atoms with Crippen LogP contribution in [0.3, 0.4) is 0 Å². The van der Waals surface area contributed by atoms with E-state index in [9.17, 15) is 9.59 Å². The van der Waals surface area contributed by atoms with Crippen molar-refractivity contribution in [3.8, 4) is 5.75 Å². The molecule has 6 heteroatoms. The standard InChI is InChI=1S/C21H20N2O3S/c1-14-8-9-18(15(2)11-14)26-13-20(24)22-16-5-3-6-17(12-16)23-21(25)19-7-4-10-27-19/h3-12H,13H2,1-2H3,(H,22,24)(H,23,25). The van der Waals surface area contributed by atoms with Gasteiger partial charge in [0.1, 0.15) is 5.75 Å². The average Bonchev–Trinajstić information content (AvgIpc) is 3.16. The van der Waals surface area contributed by atoms with E-state index in [0.717, 1.165) is 11.1 Å². The first-order valence-corrected chi connectivity index (χ1v) is 9.34. The molecule has 1 heterocycles. The summed E-state index contributed by atoms with van der Waals surface area (Å²) < 4.78 is 5.59. The van der Waals surface area contributed by atoms with Crippen LogP contribution in [-0.2, 0) is 4.79 Å². The number of rotatable bonds is 6. The molecule has 2 N–H and O–H groups in total. The first-order valence-electron chi connectivity index (χ1n) is 8.46. The summed E-state index contributed by atoms with van der Waals surface area (Å²) in [6.45, 7) is 3.86. The minimum Gasteiger partial charge on any atom is -0.483 e. The maximum absolute atomic E-state index is 12.2. The van der Waals surface area contributed by atoms with E-state index in [0.29, 0.717) is 22.0 Å². The first kappa shape index (κ1) is 18.7. The summed E-state index contributed by atoms with van der Waals surface area (Å²) in [5.74, 6) is 0.246. The van der Waals surface area contributed by atoms with Gasteiger partial charge in [-0.05, 0) is 55.1 Å². The number of anilines is 2. The second-order valence-corrected chi connectivity index (χ2v) is 7.07. The first-order chi connectivity index (χ1) is 13.0. The molecule has 0 saturated heterocycles. The molecule has 0 saturated carbocycles. The Morgan fingerprint density at radius 3 is 2.44 bits per heavy atom. The fourth-order valence-electron chi connectivity index (χ4n) is 2.58. The Hall–Kier alpha value is -3.12. The molecule has 3 rings (SSSR count). The Kier molecular flexibility index (Phi) is 5.88. The third-order valence-electron chi connectivity index (χ3n) is 3.84. The minimum atomic E-state index is -0.267. The Morgan fingerprint density at radius 1 is 0.963 bits per heavy atom. The van der Waals surface area contributed by atoms with Gasteiger partial charge in [-0.15, -0.1) is 11.3 Å². The van der Waals surface area contributed by atoms with E-state index in [-0.39, 0.29) is 18.4 Å². The van der Waals surface area contributed by atoms with Crippen molar-refractivity contribution >= 4 is 34.5 Å². The van der Waals surface area contributed by atoms with E-state index < -0.39 is 0 Å². The van der Waals surface area contributed by atoms with Gasteiger partial charge in [0.2, 0.25) is 0 Å². The highest BCUT2D eigenvalue weighted by Crippen LogP contribution is 2.20. The van der Waals surface area contributed by atoms with Crippen LogP contribution in [0, 0.1) is 13.8 Å². The number of carbonyl (C=O) groups is 2. The molecular weight excluding hydrogens is 360 g/mol. The number of thiophene rings is 1. The van der Waals surface area contributed by atoms with Crippen molar-refractivity contribution in [1.82, 2.24) is 0 Å². The van der Waals surface area contributed by atoms with Gasteiger partial charge in [0.15, 0.2) is 6.61 Å². The zero-order chi connectivity index (χ0) is 19.2. The molecule has 2 amide bonds. The van der Waals surface area contributed by atoms with Crippen molar-refractivity contribution in [2.75, 3.05) is 17.2 Å². The molecule has 0 radical (unpaired) electrons. The third-order valence-corrected chi connectivity index (χ3v) is 4.71. The second kappa shape index (κ2) is 8.51. The zero-order valence-corrected chi connectivity index (χ0v) is 15.9. The monoisotopic (exact) mass is 380 g/mol. The maximum atomic E-state index is 12.2. The molecule has 1 aromatic heterocycles. The molecule has 0 unspecified atom stereocenters. The number of benzene rings is 2. The van der Waals surface area contributed by atoms with Crippen LogP contribution in [0.25, 0.3) is 0 Å². The van der Waals surface area contributed by atoms with Gasteiger partial charge in [-0.25, -0.2) is 0 Å². The molecule has 0 spiro atoms. The van der Waals surface area contributed by atoms with Crippen molar-refractivity contribution in [2.24, 2.45) is 0 Å². The van der Waals surface area contributed by atoms with E-state index in [4.69, 9.17) is 4.74 Å². The van der Waals surface area contributed by atoms with Crippen LogP contribution in [0.15, 0.2) is 60.0 Å². The lowest BCUT2D eigenvalue weighted by Gasteiger charge is -2.11. The van der Waals surface area contributed by atoms with Crippen LogP contribution in [0.5, 0.6) is 5.75 Å². The van der Waals surface area contributed by atoms with E-state index >= 15 is 0 Å². The molecule has 0 fully saturated rings. The van der Waals surface area contributed by atoms with Crippen molar-refractivity contribution in [3.63, 3.8) is 0 Å². The number of ether oxygens (including phenoxy) is 1. The van der Waals surface area contributed by atoms with Gasteiger partial charge < -0.3 is 15.4 Å². The smallest absolute Gasteiger partial charge is 0.265 e. The average molecular weight is 380 g/mol. The highest BCUT2D eigenvalue weighted by Gasteiger charge is 2.09. The van der Waals surface area contributed by atoms with Gasteiger partial charge >= 0.3 is 0 Å². The molecule has 0 aliphatic carbocycles. The van der Waals surface area contributed by atoms with E-state index in [1.807, 2.05) is 43.5 Å². The summed E-state index contributed by atoms with van der Waals surface area (Å²) in [5.41, 5.74) is 3.33. The van der Waals surface area contributed by atoms with Crippen LogP contribution < -0.4 is 15.4 Å². The molecule has 27 heavy (non-hydrogen) atoms. The molecule has 2 aromatic carbocycles. The zero-order valence-electron chi connectivity index (χ0n) is 15.1. The van der Waals surface area contributed by atoms with E-state index in [2.05, 4.69) is 10.6 Å². The summed E-state index contributed by atoms with van der Waals surface area (Å²) in [5, 5.41) is 7.44. The van der Waals surface area contributed by atoms with Crippen LogP contribution in [0.2, 0.25) is 0 Å². The minimum absolute atomic E-state index is 0.0876. The SMILES string of the molecule is Cc1ccc(OCC(=O)Nc2cccc(NC(=O)c3cccs3)c2)c(C)c1. The molecule has 0 bridgehead atoms. The van der Waals surface area contributed by atoms with Gasteiger partial charge in [-0.3, -0.25) is 9.59 Å². The van der Waals surface area contributed by atoms with Gasteiger partial charge in [0.25, 0.3) is 11.8 Å². The summed E-state index contributed by atoms with van der Waals surface area (Å²) in [6.07, 6.45) is 0. The van der Waals surface area contributed by atoms with Crippen LogP contribution in [0.1, 0.15) is 20.8 Å². The number of nitrogens with one attached hydrogen (secondary N) is 2. The lowest BCUT2D eigenvalue weighted by Crippen LogP contribution is -2.20. The molecule has 0 aliphatic heterocycles. The summed E-state index contributed by atoms with van der Waals surface area (Å²) in [4.78, 5) is 24.9. The largest absolute Gasteiger partial charge is 0.483 e. The molecule has 138 valence electrons. The Labute approximate surface area is 162 Å². The molecule has 0 aliphatic rings. The Bertz CT molecular complexity index is 952. The number of aryl methyl sites for hydroxylation is 2. The van der Waals surface area contributed by atoms with E-state index in [1.165, 1.54) is 11.3 Å². The predicted molar refractivity (Wildman–Crippen MR) is 109 cm³/mol. The summed E-state index contributed by atoms with van der Waals surface area (Å²) in [6, 6.07) is 16.4. The predicted octanol–water partition coefficient (Wildman–Crippen LogP) is 4.63. The van der Waals surface area contributed by atoms with Crippen molar-refractivity contribution in [2.45, 2.75) is 13.8 Å². The molecular formula is C21H20N2O3S. The van der Waals surface area contributed by atoms with Crippen LogP contribution in [-0.4, -0.2) is 18.4 Å². The lowest BCUT2D eigenvalue weighted by molar-refractivity contribution is -0.118. The molecule has 3 aromatic rings. The van der Waals surface area contributed by atoms with Gasteiger partial charge in [-0.2, -0.15) is 0 Å². The fourth-order valence-corrected chi connectivity index (χ4v) is 3.20. The highest BCUT2D eigenvalue weighted by molar-refractivity contribution is 7.12. The molecule has 0 atom stereocenters. The van der Waals surface area contributed by atoms with Crippen molar-refractivity contribution in [1.29, 1.82) is 0 Å². The van der Waals surface area contributed by atoms with Crippen molar-refractivity contribution < 1.29 is 14.3 Å². The van der Waals surface area contributed by atoms with Gasteiger partial charge in [0.05, 0.1) is 4.88 Å². The molecule has 5 nitrogen and oxygen atoms in total. The van der Waals surface area contributed by atoms with Crippen molar-refractivity contribution in [3.05, 3.63) is 76.0 Å². The Balaban J connectivity index is 1.57. The number of amides is 2. The fraction of sp³-hybridized carbons (Fsp3) is 0.143. The maximum Gasteiger partial charge on any atom is 0.265 e. The number of carbonyl (C=O) groups excluding carboxylic acids is 2. The normalized spacial score (nSPS) is 10.3. The summed E-state index contributed by atoms with van der Waals surface area (Å²) in [7, 11) is 0. The second-order valence-electron chi connectivity index (χ2n) is 6.12. The quantitative estimate of drug-likeness (QED) is 0.655. The lowest BCUT2D eigenvalue weighted by atomic mass is 10.1. The van der Waals surface area contributed by atoms with Crippen LogP contribution >= 0.6 is 11.3 Å². The van der Waals surface area contributed by atoms with Crippen LogP contribution in [0.4, 0.5) is 11.4 Å². The summed E-state index contributed by atoms with van der Waals surface area (Å²) >= 11 is 1.37. The van der Waals surface area contributed by atoms with E-state index in [1.54, 1.807) is 30.3 Å². The highest BCUT2D eigenvalue weighted by atomic mass is 32.1. The van der Waals surface area contributed by atoms with Gasteiger partial charge in [0, 0.05) is 11.4 Å². The topological polar surface area (TPSA) is 67.4 Å². The Morgan fingerprint density at radius 2 is 1.74 bits per heavy atom. The number of hydrogen-bond donors (Lipinski definition) is 2. The van der Waals surface area contributed by atoms with Gasteiger partial charge in [-0.1, -0.05) is 29.8 Å².